The van der Waals surface area contributed by atoms with Gasteiger partial charge >= 0.3 is 0 Å². The third kappa shape index (κ3) is 2.99. The number of methoxy groups -OCH3 is 1. The highest BCUT2D eigenvalue weighted by Gasteiger charge is 2.39. The van der Waals surface area contributed by atoms with E-state index < -0.39 is 0 Å². The van der Waals surface area contributed by atoms with Gasteiger partial charge in [0.2, 0.25) is 0 Å². The Morgan fingerprint density at radius 1 is 1.24 bits per heavy atom. The Hall–Kier alpha value is -0.160. The first-order valence-corrected chi connectivity index (χ1v) is 6.88. The number of likely N-dealkylation sites (tertiary alicyclic amines) is 1. The van der Waals surface area contributed by atoms with E-state index in [4.69, 9.17) is 15.2 Å². The molecule has 4 heteroatoms. The number of hydrogen-bond donors (Lipinski definition) is 1. The monoisotopic (exact) mass is 242 g/mol. The van der Waals surface area contributed by atoms with E-state index >= 15 is 0 Å². The molecule has 0 aromatic rings. The fraction of sp³-hybridized carbons (Fsp3) is 1.00. The molecule has 0 spiro atoms. The average Bonchev–Trinajstić information content (AvgIpc) is 2.32. The predicted molar refractivity (Wildman–Crippen MR) is 68.0 cm³/mol. The summed E-state index contributed by atoms with van der Waals surface area (Å²) in [5, 5.41) is 0. The molecule has 2 unspecified atom stereocenters. The largest absolute Gasteiger partial charge is 0.381 e. The van der Waals surface area contributed by atoms with Gasteiger partial charge in [0.1, 0.15) is 0 Å². The van der Waals surface area contributed by atoms with Gasteiger partial charge in [-0.15, -0.1) is 0 Å². The summed E-state index contributed by atoms with van der Waals surface area (Å²) in [5.41, 5.74) is 5.89. The van der Waals surface area contributed by atoms with Gasteiger partial charge in [-0.2, -0.15) is 0 Å². The molecule has 0 radical (unpaired) electrons. The van der Waals surface area contributed by atoms with Crippen molar-refractivity contribution in [2.45, 2.75) is 56.9 Å². The van der Waals surface area contributed by atoms with Gasteiger partial charge in [-0.3, -0.25) is 4.90 Å². The fourth-order valence-corrected chi connectivity index (χ4v) is 3.14. The molecule has 2 N–H and O–H groups in total. The van der Waals surface area contributed by atoms with Gasteiger partial charge in [-0.1, -0.05) is 0 Å². The van der Waals surface area contributed by atoms with Crippen molar-refractivity contribution in [2.24, 2.45) is 5.73 Å². The second-order valence-corrected chi connectivity index (χ2v) is 5.21. The Bertz CT molecular complexity index is 231. The molecule has 2 atom stereocenters. The molecule has 2 fully saturated rings. The Morgan fingerprint density at radius 3 is 2.59 bits per heavy atom. The molecule has 100 valence electrons. The summed E-state index contributed by atoms with van der Waals surface area (Å²) in [7, 11) is 1.81. The van der Waals surface area contributed by atoms with Gasteiger partial charge in [-0.05, 0) is 32.6 Å². The summed E-state index contributed by atoms with van der Waals surface area (Å²) in [4.78, 5) is 2.59. The fourth-order valence-electron chi connectivity index (χ4n) is 3.14. The molecule has 2 aliphatic rings. The second kappa shape index (κ2) is 6.14. The highest BCUT2D eigenvalue weighted by atomic mass is 16.5. The minimum Gasteiger partial charge on any atom is -0.381 e. The van der Waals surface area contributed by atoms with Crippen LogP contribution in [0.5, 0.6) is 0 Å². The van der Waals surface area contributed by atoms with Crippen LogP contribution in [-0.2, 0) is 9.47 Å². The van der Waals surface area contributed by atoms with E-state index in [-0.39, 0.29) is 0 Å². The SMILES string of the molecule is CCOC1CC(N2CCC(OC)CC2CN)C1. The van der Waals surface area contributed by atoms with Crippen LogP contribution in [0.2, 0.25) is 0 Å². The van der Waals surface area contributed by atoms with E-state index in [1.807, 2.05) is 7.11 Å². The average molecular weight is 242 g/mol. The first-order valence-electron chi connectivity index (χ1n) is 6.88. The molecule has 1 aliphatic carbocycles. The maximum absolute atomic E-state index is 5.89. The van der Waals surface area contributed by atoms with Crippen molar-refractivity contribution < 1.29 is 9.47 Å². The Labute approximate surface area is 104 Å². The van der Waals surface area contributed by atoms with Gasteiger partial charge in [0.15, 0.2) is 0 Å². The third-order valence-corrected chi connectivity index (χ3v) is 4.26. The van der Waals surface area contributed by atoms with Crippen LogP contribution in [0.4, 0.5) is 0 Å². The molecule has 1 saturated carbocycles. The zero-order valence-electron chi connectivity index (χ0n) is 11.1. The van der Waals surface area contributed by atoms with Crippen LogP contribution in [-0.4, -0.2) is 56.0 Å². The van der Waals surface area contributed by atoms with Gasteiger partial charge in [-0.25, -0.2) is 0 Å². The molecule has 0 aromatic heterocycles. The lowest BCUT2D eigenvalue weighted by Crippen LogP contribution is -2.57. The number of nitrogens with zero attached hydrogens (tertiary/aromatic N) is 1. The number of piperidine rings is 1. The molecule has 1 saturated heterocycles. The predicted octanol–water partition coefficient (Wildman–Crippen LogP) is 0.992. The molecular formula is C13H26N2O2. The Balaban J connectivity index is 1.81. The molecule has 2 rings (SSSR count). The molecule has 0 aromatic carbocycles. The molecule has 1 heterocycles. The van der Waals surface area contributed by atoms with Crippen LogP contribution in [0, 0.1) is 0 Å². The van der Waals surface area contributed by atoms with E-state index in [2.05, 4.69) is 11.8 Å². The van der Waals surface area contributed by atoms with Crippen molar-refractivity contribution in [3.63, 3.8) is 0 Å². The number of rotatable bonds is 5. The highest BCUT2D eigenvalue weighted by Crippen LogP contribution is 2.33. The lowest BCUT2D eigenvalue weighted by atomic mass is 9.84. The lowest BCUT2D eigenvalue weighted by molar-refractivity contribution is -0.0796. The molecule has 17 heavy (non-hydrogen) atoms. The van der Waals surface area contributed by atoms with E-state index in [0.29, 0.717) is 24.3 Å². The van der Waals surface area contributed by atoms with Gasteiger partial charge in [0.25, 0.3) is 0 Å². The third-order valence-electron chi connectivity index (χ3n) is 4.26. The van der Waals surface area contributed by atoms with E-state index in [1.165, 1.54) is 12.8 Å². The van der Waals surface area contributed by atoms with E-state index in [1.54, 1.807) is 0 Å². The maximum Gasteiger partial charge on any atom is 0.0604 e. The standard InChI is InChI=1S/C13H26N2O2/c1-3-17-13-6-10(7-13)15-5-4-12(16-2)8-11(15)9-14/h10-13H,3-9,14H2,1-2H3. The summed E-state index contributed by atoms with van der Waals surface area (Å²) in [6, 6.07) is 1.19. The molecular weight excluding hydrogens is 216 g/mol. The molecule has 4 nitrogen and oxygen atoms in total. The van der Waals surface area contributed by atoms with Crippen molar-refractivity contribution in [1.29, 1.82) is 0 Å². The number of hydrogen-bond acceptors (Lipinski definition) is 4. The molecule has 1 aliphatic heterocycles. The van der Waals surface area contributed by atoms with Gasteiger partial charge in [0, 0.05) is 38.9 Å². The lowest BCUT2D eigenvalue weighted by Gasteiger charge is -2.49. The summed E-state index contributed by atoms with van der Waals surface area (Å²) >= 11 is 0. The van der Waals surface area contributed by atoms with Crippen LogP contribution in [0.1, 0.15) is 32.6 Å². The zero-order chi connectivity index (χ0) is 12.3. The number of ether oxygens (including phenoxy) is 2. The molecule has 0 bridgehead atoms. The summed E-state index contributed by atoms with van der Waals surface area (Å²) in [6.45, 7) is 4.78. The molecule has 0 amide bonds. The zero-order valence-corrected chi connectivity index (χ0v) is 11.1. The van der Waals surface area contributed by atoms with Crippen molar-refractivity contribution in [1.82, 2.24) is 4.90 Å². The van der Waals surface area contributed by atoms with Crippen LogP contribution in [0.25, 0.3) is 0 Å². The quantitative estimate of drug-likeness (QED) is 0.781. The normalized spacial score (nSPS) is 39.0. The highest BCUT2D eigenvalue weighted by molar-refractivity contribution is 4.94. The van der Waals surface area contributed by atoms with Gasteiger partial charge in [0.05, 0.1) is 12.2 Å². The van der Waals surface area contributed by atoms with Crippen molar-refractivity contribution >= 4 is 0 Å². The minimum absolute atomic E-state index is 0.405. The van der Waals surface area contributed by atoms with Crippen molar-refractivity contribution in [2.75, 3.05) is 26.8 Å². The van der Waals surface area contributed by atoms with Crippen LogP contribution < -0.4 is 5.73 Å². The van der Waals surface area contributed by atoms with Gasteiger partial charge < -0.3 is 15.2 Å². The van der Waals surface area contributed by atoms with Crippen LogP contribution in [0.15, 0.2) is 0 Å². The van der Waals surface area contributed by atoms with Crippen molar-refractivity contribution in [3.8, 4) is 0 Å². The van der Waals surface area contributed by atoms with Crippen LogP contribution >= 0.6 is 0 Å². The minimum atomic E-state index is 0.405. The summed E-state index contributed by atoms with van der Waals surface area (Å²) in [5.74, 6) is 0. The van der Waals surface area contributed by atoms with Crippen LogP contribution in [0.3, 0.4) is 0 Å². The first-order chi connectivity index (χ1) is 8.28. The number of nitrogens with two attached hydrogens (primary N) is 1. The first kappa shape index (κ1) is 13.3. The Morgan fingerprint density at radius 2 is 2.00 bits per heavy atom. The smallest absolute Gasteiger partial charge is 0.0604 e. The summed E-state index contributed by atoms with van der Waals surface area (Å²) < 4.78 is 11.1. The van der Waals surface area contributed by atoms with Crippen molar-refractivity contribution in [3.05, 3.63) is 0 Å². The van der Waals surface area contributed by atoms with E-state index in [9.17, 15) is 0 Å². The topological polar surface area (TPSA) is 47.7 Å². The summed E-state index contributed by atoms with van der Waals surface area (Å²) in [6.07, 6.45) is 5.49. The maximum atomic E-state index is 5.89. The van der Waals surface area contributed by atoms with E-state index in [0.717, 1.165) is 32.5 Å². The second-order valence-electron chi connectivity index (χ2n) is 5.21. The Kier molecular flexibility index (Phi) is 4.79.